The van der Waals surface area contributed by atoms with Gasteiger partial charge in [-0.2, -0.15) is 0 Å². The molecular formula is C20H35N3O2. The van der Waals surface area contributed by atoms with E-state index in [9.17, 15) is 9.59 Å². The Bertz CT molecular complexity index is 470. The van der Waals surface area contributed by atoms with E-state index in [0.717, 1.165) is 45.4 Å². The summed E-state index contributed by atoms with van der Waals surface area (Å²) in [6.07, 6.45) is 7.61. The predicted octanol–water partition coefficient (Wildman–Crippen LogP) is 2.36. The topological polar surface area (TPSA) is 43.9 Å². The zero-order chi connectivity index (χ0) is 17.8. The zero-order valence-corrected chi connectivity index (χ0v) is 16.1. The lowest BCUT2D eigenvalue weighted by Gasteiger charge is -2.33. The second kappa shape index (κ2) is 8.52. The highest BCUT2D eigenvalue weighted by molar-refractivity contribution is 5.82. The second-order valence-electron chi connectivity index (χ2n) is 8.59. The summed E-state index contributed by atoms with van der Waals surface area (Å²) in [5, 5.41) is 0. The molecule has 0 aromatic heterocycles. The van der Waals surface area contributed by atoms with Crippen LogP contribution in [0.15, 0.2) is 0 Å². The SMILES string of the molecule is CC(C)CC(=O)N1CCC(N(CCN2CCCCC2)C(=O)C2CC2)C1. The van der Waals surface area contributed by atoms with Crippen LogP contribution in [0.4, 0.5) is 0 Å². The highest BCUT2D eigenvalue weighted by atomic mass is 16.2. The van der Waals surface area contributed by atoms with Gasteiger partial charge in [0.25, 0.3) is 0 Å². The number of rotatable bonds is 7. The van der Waals surface area contributed by atoms with Crippen LogP contribution in [0.5, 0.6) is 0 Å². The van der Waals surface area contributed by atoms with Gasteiger partial charge in [-0.05, 0) is 51.1 Å². The van der Waals surface area contributed by atoms with Crippen molar-refractivity contribution in [2.24, 2.45) is 11.8 Å². The van der Waals surface area contributed by atoms with Crippen LogP contribution < -0.4 is 0 Å². The average molecular weight is 350 g/mol. The number of piperidine rings is 1. The van der Waals surface area contributed by atoms with Crippen molar-refractivity contribution in [3.05, 3.63) is 0 Å². The fraction of sp³-hybridized carbons (Fsp3) is 0.900. The van der Waals surface area contributed by atoms with Gasteiger partial charge in [-0.25, -0.2) is 0 Å². The molecular weight excluding hydrogens is 314 g/mol. The highest BCUT2D eigenvalue weighted by Crippen LogP contribution is 2.33. The maximum absolute atomic E-state index is 12.8. The monoisotopic (exact) mass is 349 g/mol. The van der Waals surface area contributed by atoms with Gasteiger partial charge in [0.1, 0.15) is 0 Å². The smallest absolute Gasteiger partial charge is 0.226 e. The van der Waals surface area contributed by atoms with Gasteiger partial charge in [0.2, 0.25) is 11.8 Å². The predicted molar refractivity (Wildman–Crippen MR) is 99.2 cm³/mol. The van der Waals surface area contributed by atoms with Crippen molar-refractivity contribution in [2.75, 3.05) is 39.3 Å². The number of amides is 2. The van der Waals surface area contributed by atoms with E-state index in [1.165, 1.54) is 32.4 Å². The first-order chi connectivity index (χ1) is 12.0. The molecule has 5 nitrogen and oxygen atoms in total. The summed E-state index contributed by atoms with van der Waals surface area (Å²) in [6, 6.07) is 0.231. The molecule has 3 aliphatic rings. The first-order valence-electron chi connectivity index (χ1n) is 10.3. The van der Waals surface area contributed by atoms with E-state index in [-0.39, 0.29) is 17.9 Å². The van der Waals surface area contributed by atoms with Crippen LogP contribution in [-0.4, -0.2) is 71.8 Å². The highest BCUT2D eigenvalue weighted by Gasteiger charge is 2.39. The van der Waals surface area contributed by atoms with Gasteiger partial charge in [0, 0.05) is 38.5 Å². The van der Waals surface area contributed by atoms with Gasteiger partial charge < -0.3 is 14.7 Å². The van der Waals surface area contributed by atoms with Gasteiger partial charge in [0.05, 0.1) is 6.04 Å². The van der Waals surface area contributed by atoms with Crippen molar-refractivity contribution in [3.8, 4) is 0 Å². The van der Waals surface area contributed by atoms with Crippen LogP contribution in [0.2, 0.25) is 0 Å². The number of hydrogen-bond donors (Lipinski definition) is 0. The molecule has 1 aliphatic carbocycles. The second-order valence-corrected chi connectivity index (χ2v) is 8.59. The Morgan fingerprint density at radius 2 is 1.76 bits per heavy atom. The number of nitrogens with zero attached hydrogens (tertiary/aromatic N) is 3. The Morgan fingerprint density at radius 1 is 1.04 bits per heavy atom. The summed E-state index contributed by atoms with van der Waals surface area (Å²) in [5.74, 6) is 1.27. The molecule has 0 spiro atoms. The molecule has 1 saturated carbocycles. The molecule has 2 aliphatic heterocycles. The lowest BCUT2D eigenvalue weighted by atomic mass is 10.1. The first kappa shape index (κ1) is 18.7. The summed E-state index contributed by atoms with van der Waals surface area (Å²) < 4.78 is 0. The summed E-state index contributed by atoms with van der Waals surface area (Å²) >= 11 is 0. The van der Waals surface area contributed by atoms with Crippen LogP contribution in [0.1, 0.15) is 58.8 Å². The lowest BCUT2D eigenvalue weighted by Crippen LogP contribution is -2.47. The Labute approximate surface area is 152 Å². The minimum absolute atomic E-state index is 0.231. The molecule has 25 heavy (non-hydrogen) atoms. The maximum Gasteiger partial charge on any atom is 0.226 e. The molecule has 1 unspecified atom stereocenters. The van der Waals surface area contributed by atoms with Crippen LogP contribution in [0, 0.1) is 11.8 Å². The molecule has 0 aromatic carbocycles. The number of likely N-dealkylation sites (tertiary alicyclic amines) is 2. The molecule has 1 atom stereocenters. The van der Waals surface area contributed by atoms with Crippen molar-refractivity contribution < 1.29 is 9.59 Å². The first-order valence-corrected chi connectivity index (χ1v) is 10.3. The Hall–Kier alpha value is -1.10. The van der Waals surface area contributed by atoms with E-state index < -0.39 is 0 Å². The van der Waals surface area contributed by atoms with Gasteiger partial charge >= 0.3 is 0 Å². The van der Waals surface area contributed by atoms with Crippen molar-refractivity contribution in [1.29, 1.82) is 0 Å². The van der Waals surface area contributed by atoms with Crippen LogP contribution >= 0.6 is 0 Å². The Kier molecular flexibility index (Phi) is 6.37. The van der Waals surface area contributed by atoms with Gasteiger partial charge in [-0.1, -0.05) is 20.3 Å². The third-order valence-electron chi connectivity index (χ3n) is 5.86. The third-order valence-corrected chi connectivity index (χ3v) is 5.86. The number of carbonyl (C=O) groups is 2. The molecule has 3 rings (SSSR count). The molecule has 0 aromatic rings. The summed E-state index contributed by atoms with van der Waals surface area (Å²) in [4.78, 5) is 31.8. The lowest BCUT2D eigenvalue weighted by molar-refractivity contribution is -0.136. The van der Waals surface area contributed by atoms with E-state index >= 15 is 0 Å². The minimum atomic E-state index is 0.231. The molecule has 0 bridgehead atoms. The van der Waals surface area contributed by atoms with Gasteiger partial charge in [-0.15, -0.1) is 0 Å². The van der Waals surface area contributed by atoms with E-state index in [0.29, 0.717) is 18.2 Å². The molecule has 0 N–H and O–H groups in total. The van der Waals surface area contributed by atoms with Crippen molar-refractivity contribution in [2.45, 2.75) is 64.8 Å². The maximum atomic E-state index is 12.8. The molecule has 2 saturated heterocycles. The van der Waals surface area contributed by atoms with Crippen LogP contribution in [0.3, 0.4) is 0 Å². The third kappa shape index (κ3) is 5.19. The average Bonchev–Trinajstić information content (AvgIpc) is 3.33. The Morgan fingerprint density at radius 3 is 2.40 bits per heavy atom. The summed E-state index contributed by atoms with van der Waals surface area (Å²) in [5.41, 5.74) is 0. The molecule has 0 radical (unpaired) electrons. The molecule has 2 heterocycles. The van der Waals surface area contributed by atoms with Crippen molar-refractivity contribution >= 4 is 11.8 Å². The fourth-order valence-corrected chi connectivity index (χ4v) is 4.17. The number of carbonyl (C=O) groups excluding carboxylic acids is 2. The quantitative estimate of drug-likeness (QED) is 0.709. The van der Waals surface area contributed by atoms with Crippen LogP contribution in [0.25, 0.3) is 0 Å². The number of hydrogen-bond acceptors (Lipinski definition) is 3. The summed E-state index contributed by atoms with van der Waals surface area (Å²) in [7, 11) is 0. The fourth-order valence-electron chi connectivity index (χ4n) is 4.17. The van der Waals surface area contributed by atoms with E-state index in [1.54, 1.807) is 0 Å². The van der Waals surface area contributed by atoms with Crippen molar-refractivity contribution in [1.82, 2.24) is 14.7 Å². The zero-order valence-electron chi connectivity index (χ0n) is 16.1. The van der Waals surface area contributed by atoms with E-state index in [2.05, 4.69) is 23.6 Å². The Balaban J connectivity index is 1.55. The van der Waals surface area contributed by atoms with Gasteiger partial charge in [0.15, 0.2) is 0 Å². The molecule has 142 valence electrons. The normalized spacial score (nSPS) is 24.8. The molecule has 2 amide bonds. The van der Waals surface area contributed by atoms with Crippen LogP contribution in [-0.2, 0) is 9.59 Å². The largest absolute Gasteiger partial charge is 0.341 e. The standard InChI is InChI=1S/C20H35N3O2/c1-16(2)14-19(24)22-11-8-18(15-22)23(20(25)17-6-7-17)13-12-21-9-4-3-5-10-21/h16-18H,3-15H2,1-2H3. The van der Waals surface area contributed by atoms with E-state index in [1.807, 2.05) is 4.90 Å². The minimum Gasteiger partial charge on any atom is -0.341 e. The van der Waals surface area contributed by atoms with Crippen molar-refractivity contribution in [3.63, 3.8) is 0 Å². The summed E-state index contributed by atoms with van der Waals surface area (Å²) in [6.45, 7) is 9.92. The molecule has 3 fully saturated rings. The molecule has 5 heteroatoms. The van der Waals surface area contributed by atoms with Gasteiger partial charge in [-0.3, -0.25) is 9.59 Å². The van der Waals surface area contributed by atoms with E-state index in [4.69, 9.17) is 0 Å².